The van der Waals surface area contributed by atoms with Gasteiger partial charge in [-0.25, -0.2) is 0 Å². The van der Waals surface area contributed by atoms with Crippen LogP contribution < -0.4 is 5.32 Å². The number of amides is 1. The van der Waals surface area contributed by atoms with Crippen molar-refractivity contribution in [3.8, 4) is 0 Å². The minimum absolute atomic E-state index is 0.144. The molecule has 0 radical (unpaired) electrons. The van der Waals surface area contributed by atoms with Crippen LogP contribution in [-0.4, -0.2) is 87.5 Å². The van der Waals surface area contributed by atoms with Crippen LogP contribution in [0.4, 0.5) is 0 Å². The summed E-state index contributed by atoms with van der Waals surface area (Å²) in [7, 11) is 0. The van der Waals surface area contributed by atoms with Crippen LogP contribution in [0.5, 0.6) is 0 Å². The average Bonchev–Trinajstić information content (AvgIpc) is 2.59. The summed E-state index contributed by atoms with van der Waals surface area (Å²) in [6.45, 7) is 3.75. The van der Waals surface area contributed by atoms with Gasteiger partial charge >= 0.3 is 0 Å². The van der Waals surface area contributed by atoms with Gasteiger partial charge in [-0.3, -0.25) is 4.79 Å². The first-order valence-corrected chi connectivity index (χ1v) is 37.2. The van der Waals surface area contributed by atoms with E-state index in [0.717, 1.165) is 109 Å². The highest BCUT2D eigenvalue weighted by atomic mass is 16.7. The number of hydrogen-bond acceptors (Lipinski definition) is 8. The van der Waals surface area contributed by atoms with E-state index in [1.807, 2.05) is 0 Å². The van der Waals surface area contributed by atoms with E-state index in [-0.39, 0.29) is 12.5 Å². The van der Waals surface area contributed by atoms with E-state index in [0.29, 0.717) is 12.8 Å². The Morgan fingerprint density at radius 3 is 1.03 bits per heavy atom. The Balaban J connectivity index is 2.12. The van der Waals surface area contributed by atoms with Gasteiger partial charge in [0.1, 0.15) is 24.4 Å². The zero-order valence-electron chi connectivity index (χ0n) is 57.4. The predicted molar refractivity (Wildman–Crippen MR) is 382 cm³/mol. The summed E-state index contributed by atoms with van der Waals surface area (Å²) in [6, 6.07) is -0.731. The number of carbonyl (C=O) groups is 1. The highest BCUT2D eigenvalue weighted by molar-refractivity contribution is 5.76. The first kappa shape index (κ1) is 83.6. The summed E-state index contributed by atoms with van der Waals surface area (Å²) in [4.78, 5) is 13.2. The first-order chi connectivity index (χ1) is 43.8. The van der Waals surface area contributed by atoms with Crippen LogP contribution in [-0.2, 0) is 14.3 Å². The fourth-order valence-corrected chi connectivity index (χ4v) is 11.3. The lowest BCUT2D eigenvalue weighted by atomic mass is 9.99. The topological polar surface area (TPSA) is 149 Å². The molecule has 1 fully saturated rings. The number of allylic oxidation sites excluding steroid dienone is 20. The van der Waals surface area contributed by atoms with Crippen molar-refractivity contribution in [2.45, 2.75) is 365 Å². The van der Waals surface area contributed by atoms with Crippen LogP contribution in [0.2, 0.25) is 0 Å². The minimum atomic E-state index is -1.56. The lowest BCUT2D eigenvalue weighted by molar-refractivity contribution is -0.302. The molecular weight excluding hydrogens is 1100 g/mol. The smallest absolute Gasteiger partial charge is 0.220 e. The standard InChI is InChI=1S/C80H139NO8/c1-3-5-7-9-11-13-15-17-19-21-23-25-27-29-30-31-32-33-34-35-36-37-38-39-40-41-42-43-44-46-48-50-52-54-56-58-60-62-64-66-68-70-76(84)81-73(72-88-80-79(87)78(86)77(85)75(71-82)89-80)74(83)69-67-65-63-61-59-57-55-53-51-49-47-45-28-26-24-22-20-18-16-14-12-10-8-6-4-2/h5,7,11,13,17,19,23,25,29-30,32-33,35-36,38-39,41-42,44,46,73-75,77-80,82-83,85-87H,3-4,6,8-10,12,14-16,18,20-22,24,26-28,31,34,37,40,43,45,47-72H2,1-2H3,(H,81,84)/b7-5-,13-11-,19-17-,25-23-,30-29-,33-32-,36-35-,39-38-,42-41-,46-44-. The second-order valence-corrected chi connectivity index (χ2v) is 25.4. The second kappa shape index (κ2) is 67.5. The van der Waals surface area contributed by atoms with Crippen molar-refractivity contribution >= 4 is 5.91 Å². The molecule has 7 atom stereocenters. The van der Waals surface area contributed by atoms with E-state index < -0.39 is 49.5 Å². The van der Waals surface area contributed by atoms with Crippen molar-refractivity contribution in [2.75, 3.05) is 13.2 Å². The predicted octanol–water partition coefficient (Wildman–Crippen LogP) is 21.0. The molecule has 0 spiro atoms. The number of ether oxygens (including phenoxy) is 2. The van der Waals surface area contributed by atoms with E-state index in [1.165, 1.54) is 186 Å². The lowest BCUT2D eigenvalue weighted by Gasteiger charge is -2.40. The summed E-state index contributed by atoms with van der Waals surface area (Å²) in [5.74, 6) is -0.149. The molecule has 0 bridgehead atoms. The van der Waals surface area contributed by atoms with Crippen LogP contribution in [0.15, 0.2) is 122 Å². The third-order valence-electron chi connectivity index (χ3n) is 17.1. The van der Waals surface area contributed by atoms with Gasteiger partial charge in [0.25, 0.3) is 0 Å². The Morgan fingerprint density at radius 1 is 0.393 bits per heavy atom. The third-order valence-corrected chi connectivity index (χ3v) is 17.1. The van der Waals surface area contributed by atoms with Crippen molar-refractivity contribution in [2.24, 2.45) is 0 Å². The van der Waals surface area contributed by atoms with Crippen LogP contribution in [0, 0.1) is 0 Å². The quantitative estimate of drug-likeness (QED) is 0.0261. The normalized spacial score (nSPS) is 18.6. The van der Waals surface area contributed by atoms with Crippen LogP contribution in [0.25, 0.3) is 0 Å². The van der Waals surface area contributed by atoms with Gasteiger partial charge in [0.15, 0.2) is 6.29 Å². The summed E-state index contributed by atoms with van der Waals surface area (Å²) < 4.78 is 11.4. The van der Waals surface area contributed by atoms with Crippen LogP contribution in [0.1, 0.15) is 322 Å². The monoisotopic (exact) mass is 1240 g/mol. The fraction of sp³-hybridized carbons (Fsp3) is 0.738. The van der Waals surface area contributed by atoms with Gasteiger partial charge in [-0.2, -0.15) is 0 Å². The first-order valence-electron chi connectivity index (χ1n) is 37.2. The molecule has 9 heteroatoms. The van der Waals surface area contributed by atoms with Crippen molar-refractivity contribution < 1.29 is 39.8 Å². The number of hydrogen-bond donors (Lipinski definition) is 6. The van der Waals surface area contributed by atoms with Gasteiger partial charge < -0.3 is 40.3 Å². The molecule has 0 aliphatic carbocycles. The Hall–Kier alpha value is -3.41. The Morgan fingerprint density at radius 2 is 0.697 bits per heavy atom. The molecule has 1 aliphatic rings. The molecule has 1 heterocycles. The van der Waals surface area contributed by atoms with Gasteiger partial charge in [0, 0.05) is 6.42 Å². The summed E-state index contributed by atoms with van der Waals surface area (Å²) in [6.07, 6.45) is 94.1. The molecule has 1 aliphatic heterocycles. The Bertz CT molecular complexity index is 1830. The van der Waals surface area contributed by atoms with E-state index in [1.54, 1.807) is 0 Å². The number of aliphatic hydroxyl groups is 5. The van der Waals surface area contributed by atoms with Crippen LogP contribution >= 0.6 is 0 Å². The number of rotatable bonds is 64. The SMILES string of the molecule is CC/C=C\C/C=C\C/C=C\C/C=C\C/C=C\C/C=C\C/C=C\C/C=C\C/C=C\C/C=C\CCCCCCCCCCCCC(=O)NC(COC1OC(CO)C(O)C(O)C1O)C(O)CCCCCCCCCCCCCCCCCCCCCCCCCCC. The maximum atomic E-state index is 13.2. The molecule has 6 N–H and O–H groups in total. The maximum Gasteiger partial charge on any atom is 0.220 e. The number of nitrogens with one attached hydrogen (secondary N) is 1. The average molecular weight is 1240 g/mol. The zero-order chi connectivity index (χ0) is 64.2. The fourth-order valence-electron chi connectivity index (χ4n) is 11.3. The lowest BCUT2D eigenvalue weighted by Crippen LogP contribution is -2.60. The van der Waals surface area contributed by atoms with Crippen molar-refractivity contribution in [3.63, 3.8) is 0 Å². The molecule has 1 amide bonds. The molecular formula is C80H139NO8. The minimum Gasteiger partial charge on any atom is -0.394 e. The van der Waals surface area contributed by atoms with Crippen molar-refractivity contribution in [1.29, 1.82) is 0 Å². The third kappa shape index (κ3) is 55.9. The van der Waals surface area contributed by atoms with Gasteiger partial charge in [-0.15, -0.1) is 0 Å². The highest BCUT2D eigenvalue weighted by Gasteiger charge is 2.44. The summed E-state index contributed by atoms with van der Waals surface area (Å²) in [5.41, 5.74) is 0. The zero-order valence-corrected chi connectivity index (χ0v) is 57.4. The number of carbonyl (C=O) groups excluding carboxylic acids is 1. The summed E-state index contributed by atoms with van der Waals surface area (Å²) in [5, 5.41) is 55.0. The van der Waals surface area contributed by atoms with Crippen molar-refractivity contribution in [1.82, 2.24) is 5.32 Å². The van der Waals surface area contributed by atoms with Gasteiger partial charge in [0.2, 0.25) is 5.91 Å². The molecule has 0 aromatic carbocycles. The van der Waals surface area contributed by atoms with E-state index in [2.05, 4.69) is 141 Å². The van der Waals surface area contributed by atoms with Gasteiger partial charge in [0.05, 0.1) is 25.4 Å². The van der Waals surface area contributed by atoms with Gasteiger partial charge in [-0.05, 0) is 89.9 Å². The molecule has 0 aromatic heterocycles. The number of unbranched alkanes of at least 4 members (excludes halogenated alkanes) is 34. The van der Waals surface area contributed by atoms with E-state index >= 15 is 0 Å². The van der Waals surface area contributed by atoms with Gasteiger partial charge in [-0.1, -0.05) is 347 Å². The Kier molecular flexibility index (Phi) is 63.4. The summed E-state index contributed by atoms with van der Waals surface area (Å²) >= 11 is 0. The molecule has 9 nitrogen and oxygen atoms in total. The van der Waals surface area contributed by atoms with Crippen molar-refractivity contribution in [3.05, 3.63) is 122 Å². The second-order valence-electron chi connectivity index (χ2n) is 25.4. The van der Waals surface area contributed by atoms with E-state index in [9.17, 15) is 30.3 Å². The molecule has 1 saturated heterocycles. The molecule has 0 saturated carbocycles. The molecule has 1 rings (SSSR count). The highest BCUT2D eigenvalue weighted by Crippen LogP contribution is 2.24. The van der Waals surface area contributed by atoms with E-state index in [4.69, 9.17) is 9.47 Å². The Labute approximate surface area is 548 Å². The van der Waals surface area contributed by atoms with Crippen LogP contribution in [0.3, 0.4) is 0 Å². The molecule has 512 valence electrons. The largest absolute Gasteiger partial charge is 0.394 e. The molecule has 7 unspecified atom stereocenters. The molecule has 89 heavy (non-hydrogen) atoms. The maximum absolute atomic E-state index is 13.2. The number of aliphatic hydroxyl groups excluding tert-OH is 5. The molecule has 0 aromatic rings.